The zero-order valence-electron chi connectivity index (χ0n) is 27.0. The molecule has 2 aromatic carbocycles. The molecule has 5 atom stereocenters. The van der Waals surface area contributed by atoms with Gasteiger partial charge in [0.15, 0.2) is 0 Å². The van der Waals surface area contributed by atoms with Gasteiger partial charge in [-0.05, 0) is 28.9 Å². The van der Waals surface area contributed by atoms with Crippen molar-refractivity contribution in [2.24, 2.45) is 17.8 Å². The van der Waals surface area contributed by atoms with Gasteiger partial charge in [0.25, 0.3) is 0 Å². The van der Waals surface area contributed by atoms with Gasteiger partial charge in [0.2, 0.25) is 29.5 Å². The predicted molar refractivity (Wildman–Crippen MR) is 170 cm³/mol. The Morgan fingerprint density at radius 2 is 0.889 bits per heavy atom. The Labute approximate surface area is 265 Å². The summed E-state index contributed by atoms with van der Waals surface area (Å²) >= 11 is 0. The van der Waals surface area contributed by atoms with Crippen molar-refractivity contribution in [1.82, 2.24) is 26.6 Å². The van der Waals surface area contributed by atoms with E-state index in [4.69, 9.17) is 4.74 Å². The topological polar surface area (TPSA) is 155 Å². The zero-order chi connectivity index (χ0) is 33.1. The number of nitrogens with one attached hydrogen (secondary N) is 5. The smallest absolute Gasteiger partial charge is 0.245 e. The maximum Gasteiger partial charge on any atom is 0.245 e. The lowest BCUT2D eigenvalue weighted by Crippen LogP contribution is -2.60. The van der Waals surface area contributed by atoms with E-state index >= 15 is 0 Å². The first-order valence-electron chi connectivity index (χ1n) is 15.5. The van der Waals surface area contributed by atoms with Crippen molar-refractivity contribution in [3.63, 3.8) is 0 Å². The molecule has 2 aromatic rings. The molecule has 0 radical (unpaired) electrons. The Balaban J connectivity index is 1.99. The zero-order valence-corrected chi connectivity index (χ0v) is 27.0. The van der Waals surface area contributed by atoms with Gasteiger partial charge in [0.1, 0.15) is 30.2 Å². The lowest BCUT2D eigenvalue weighted by atomic mass is 9.98. The van der Waals surface area contributed by atoms with Crippen LogP contribution in [0.3, 0.4) is 0 Å². The van der Waals surface area contributed by atoms with E-state index in [0.717, 1.165) is 11.1 Å². The number of hydrogen-bond donors (Lipinski definition) is 5. The molecule has 0 unspecified atom stereocenters. The maximum atomic E-state index is 13.7. The number of carbonyl (C=O) groups excluding carboxylic acids is 5. The van der Waals surface area contributed by atoms with Crippen LogP contribution < -0.4 is 26.6 Å². The number of hydrogen-bond acceptors (Lipinski definition) is 6. The van der Waals surface area contributed by atoms with Crippen molar-refractivity contribution in [3.8, 4) is 0 Å². The highest BCUT2D eigenvalue weighted by molar-refractivity contribution is 5.98. The van der Waals surface area contributed by atoms with Gasteiger partial charge in [-0.15, -0.1) is 0 Å². The minimum absolute atomic E-state index is 0.161. The van der Waals surface area contributed by atoms with Gasteiger partial charge in [-0.1, -0.05) is 102 Å². The molecule has 0 aliphatic carbocycles. The molecule has 244 valence electrons. The van der Waals surface area contributed by atoms with E-state index in [1.807, 2.05) is 60.7 Å². The van der Waals surface area contributed by atoms with Crippen LogP contribution in [0.2, 0.25) is 0 Å². The highest BCUT2D eigenvalue weighted by atomic mass is 16.5. The average Bonchev–Trinajstić information content (AvgIpc) is 3.00. The molecule has 5 amide bonds. The van der Waals surface area contributed by atoms with Crippen LogP contribution in [-0.4, -0.2) is 66.4 Å². The Morgan fingerprint density at radius 1 is 0.511 bits per heavy atom. The Kier molecular flexibility index (Phi) is 13.1. The minimum atomic E-state index is -1.17. The molecule has 0 saturated carbocycles. The van der Waals surface area contributed by atoms with Gasteiger partial charge in [-0.2, -0.15) is 0 Å². The van der Waals surface area contributed by atoms with E-state index in [1.54, 1.807) is 41.5 Å². The lowest BCUT2D eigenvalue weighted by molar-refractivity contribution is -0.136. The molecule has 45 heavy (non-hydrogen) atoms. The van der Waals surface area contributed by atoms with E-state index in [1.165, 1.54) is 0 Å². The van der Waals surface area contributed by atoms with Crippen molar-refractivity contribution in [3.05, 3.63) is 71.8 Å². The van der Waals surface area contributed by atoms with E-state index < -0.39 is 59.7 Å². The SMILES string of the molecule is CC(C)[C@@H]1NC(=O)[C@H](Cc2ccccc2)NC(=O)[C@H](C(C)C)NC(=O)[C@@H](COCc2ccccc2)NC(=O)[C@H](C(C)C)NC1=O. The monoisotopic (exact) mass is 621 g/mol. The van der Waals surface area contributed by atoms with Gasteiger partial charge in [-0.25, -0.2) is 0 Å². The molecule has 11 heteroatoms. The van der Waals surface area contributed by atoms with Gasteiger partial charge >= 0.3 is 0 Å². The molecule has 1 saturated heterocycles. The van der Waals surface area contributed by atoms with Crippen LogP contribution in [0.4, 0.5) is 0 Å². The van der Waals surface area contributed by atoms with E-state index in [9.17, 15) is 24.0 Å². The first-order valence-corrected chi connectivity index (χ1v) is 15.5. The van der Waals surface area contributed by atoms with E-state index in [-0.39, 0.29) is 37.4 Å². The molecule has 0 spiro atoms. The Hall–Kier alpha value is -4.25. The van der Waals surface area contributed by atoms with Crippen molar-refractivity contribution in [2.75, 3.05) is 6.61 Å². The van der Waals surface area contributed by atoms with Crippen LogP contribution >= 0.6 is 0 Å². The van der Waals surface area contributed by atoms with Crippen LogP contribution in [0.1, 0.15) is 52.7 Å². The molecule has 1 aliphatic heterocycles. The third-order valence-corrected chi connectivity index (χ3v) is 7.69. The summed E-state index contributed by atoms with van der Waals surface area (Å²) in [4.78, 5) is 68.1. The second kappa shape index (κ2) is 16.7. The average molecular weight is 622 g/mol. The standard InChI is InChI=1S/C34H47N5O6/c1-20(2)27-32(42)35-25(17-23-13-9-7-10-14-23)30(40)37-29(22(5)6)34(44)39-28(21(3)4)33(43)36-26(31(41)38-27)19-45-18-24-15-11-8-12-16-24/h7-16,20-22,25-29H,17-19H2,1-6H3,(H,35,42)(H,36,43)(H,37,40)(H,38,41)(H,39,44)/t25-,26+,27-,28-,29-/m0/s1. The Bertz CT molecular complexity index is 1300. The summed E-state index contributed by atoms with van der Waals surface area (Å²) in [5.41, 5.74) is 1.69. The molecular weight excluding hydrogens is 574 g/mol. The molecule has 0 bridgehead atoms. The summed E-state index contributed by atoms with van der Waals surface area (Å²) in [6.45, 7) is 10.7. The number of carbonyl (C=O) groups is 5. The number of rotatable bonds is 9. The van der Waals surface area contributed by atoms with Gasteiger partial charge in [0.05, 0.1) is 13.2 Å². The molecule has 1 heterocycles. The fourth-order valence-electron chi connectivity index (χ4n) is 4.99. The molecular formula is C34H47N5O6. The normalized spacial score (nSPS) is 23.8. The molecule has 1 aliphatic rings. The fourth-order valence-corrected chi connectivity index (χ4v) is 4.99. The van der Waals surface area contributed by atoms with Gasteiger partial charge in [0, 0.05) is 6.42 Å². The van der Waals surface area contributed by atoms with Crippen LogP contribution in [0.5, 0.6) is 0 Å². The van der Waals surface area contributed by atoms with E-state index in [2.05, 4.69) is 26.6 Å². The summed E-state index contributed by atoms with van der Waals surface area (Å²) < 4.78 is 5.83. The Morgan fingerprint density at radius 3 is 1.36 bits per heavy atom. The second-order valence-electron chi connectivity index (χ2n) is 12.5. The highest BCUT2D eigenvalue weighted by Crippen LogP contribution is 2.12. The summed E-state index contributed by atoms with van der Waals surface area (Å²) in [5, 5.41) is 13.9. The summed E-state index contributed by atoms with van der Waals surface area (Å²) in [7, 11) is 0. The third-order valence-electron chi connectivity index (χ3n) is 7.69. The highest BCUT2D eigenvalue weighted by Gasteiger charge is 2.37. The van der Waals surface area contributed by atoms with Crippen molar-refractivity contribution in [1.29, 1.82) is 0 Å². The van der Waals surface area contributed by atoms with Crippen LogP contribution in [0.15, 0.2) is 60.7 Å². The van der Waals surface area contributed by atoms with Crippen molar-refractivity contribution in [2.45, 2.75) is 84.8 Å². The quantitative estimate of drug-likeness (QED) is 0.288. The van der Waals surface area contributed by atoms with Crippen LogP contribution in [0, 0.1) is 17.8 Å². The van der Waals surface area contributed by atoms with Crippen molar-refractivity contribution >= 4 is 29.5 Å². The number of amides is 5. The van der Waals surface area contributed by atoms with Crippen molar-refractivity contribution < 1.29 is 28.7 Å². The maximum absolute atomic E-state index is 13.7. The molecule has 5 N–H and O–H groups in total. The molecule has 0 aromatic heterocycles. The molecule has 1 fully saturated rings. The number of ether oxygens (including phenoxy) is 1. The summed E-state index contributed by atoms with van der Waals surface area (Å²) in [6.07, 6.45) is 0.161. The predicted octanol–water partition coefficient (Wildman–Crippen LogP) is 1.85. The lowest BCUT2D eigenvalue weighted by Gasteiger charge is -2.29. The summed E-state index contributed by atoms with van der Waals surface area (Å²) in [5.74, 6) is -3.92. The minimum Gasteiger partial charge on any atom is -0.374 e. The molecule has 11 nitrogen and oxygen atoms in total. The summed E-state index contributed by atoms with van der Waals surface area (Å²) in [6, 6.07) is 13.3. The third kappa shape index (κ3) is 10.4. The van der Waals surface area contributed by atoms with Crippen LogP contribution in [-0.2, 0) is 41.7 Å². The number of benzene rings is 2. The second-order valence-corrected chi connectivity index (χ2v) is 12.5. The molecule has 3 rings (SSSR count). The first-order chi connectivity index (χ1) is 21.4. The largest absolute Gasteiger partial charge is 0.374 e. The van der Waals surface area contributed by atoms with E-state index in [0.29, 0.717) is 0 Å². The van der Waals surface area contributed by atoms with Crippen LogP contribution in [0.25, 0.3) is 0 Å². The van der Waals surface area contributed by atoms with Gasteiger partial charge < -0.3 is 31.3 Å². The first kappa shape index (κ1) is 35.2. The van der Waals surface area contributed by atoms with Gasteiger partial charge in [-0.3, -0.25) is 24.0 Å². The fraction of sp³-hybridized carbons (Fsp3) is 0.500.